The molecular formula is C22H16F3N3O4. The van der Waals surface area contributed by atoms with Crippen molar-refractivity contribution in [3.05, 3.63) is 66.5 Å². The summed E-state index contributed by atoms with van der Waals surface area (Å²) in [5.41, 5.74) is -0.220. The van der Waals surface area contributed by atoms with Gasteiger partial charge in [-0.25, -0.2) is 9.59 Å². The Balaban J connectivity index is 1.70. The zero-order chi connectivity index (χ0) is 23.1. The van der Waals surface area contributed by atoms with Gasteiger partial charge in [0.25, 0.3) is 5.91 Å². The minimum Gasteiger partial charge on any atom is -0.448 e. The molecule has 1 saturated heterocycles. The molecule has 0 saturated carbocycles. The number of carbonyl (C=O) groups is 3. The third-order valence-electron chi connectivity index (χ3n) is 5.24. The van der Waals surface area contributed by atoms with E-state index >= 15 is 0 Å². The molecule has 10 heteroatoms. The number of nitrogens with one attached hydrogen (secondary N) is 2. The fraction of sp³-hybridized carbons (Fsp3) is 0.182. The first-order chi connectivity index (χ1) is 15.1. The number of nitrogens with zero attached hydrogens (tertiary/aromatic N) is 1. The van der Waals surface area contributed by atoms with E-state index in [-0.39, 0.29) is 5.56 Å². The van der Waals surface area contributed by atoms with Crippen molar-refractivity contribution in [2.75, 3.05) is 0 Å². The lowest BCUT2D eigenvalue weighted by Crippen LogP contribution is -2.51. The number of hydrogen-bond donors (Lipinski definition) is 2. The third-order valence-corrected chi connectivity index (χ3v) is 5.24. The molecular weight excluding hydrogens is 427 g/mol. The van der Waals surface area contributed by atoms with E-state index in [1.165, 1.54) is 19.1 Å². The third kappa shape index (κ3) is 3.86. The van der Waals surface area contributed by atoms with Gasteiger partial charge in [-0.05, 0) is 41.1 Å². The van der Waals surface area contributed by atoms with Crippen LogP contribution in [0.3, 0.4) is 0 Å². The molecule has 2 N–H and O–H groups in total. The minimum atomic E-state index is -5.27. The highest BCUT2D eigenvalue weighted by atomic mass is 19.4. The van der Waals surface area contributed by atoms with E-state index < -0.39 is 35.7 Å². The molecule has 0 aliphatic carbocycles. The van der Waals surface area contributed by atoms with E-state index in [0.717, 1.165) is 21.9 Å². The second-order valence-corrected chi connectivity index (χ2v) is 7.45. The predicted molar refractivity (Wildman–Crippen MR) is 107 cm³/mol. The molecule has 1 unspecified atom stereocenters. The molecule has 1 fully saturated rings. The fourth-order valence-electron chi connectivity index (χ4n) is 3.55. The Hall–Kier alpha value is -3.95. The summed E-state index contributed by atoms with van der Waals surface area (Å²) in [5.74, 6) is -3.38. The topological polar surface area (TPSA) is 97.4 Å². The molecule has 0 radical (unpaired) electrons. The number of rotatable bonds is 4. The average molecular weight is 443 g/mol. The lowest BCUT2D eigenvalue weighted by molar-refractivity contribution is -0.208. The summed E-state index contributed by atoms with van der Waals surface area (Å²) < 4.78 is 43.2. The van der Waals surface area contributed by atoms with Gasteiger partial charge in [-0.3, -0.25) is 15.1 Å². The molecule has 32 heavy (non-hydrogen) atoms. The van der Waals surface area contributed by atoms with Crippen molar-refractivity contribution in [2.24, 2.45) is 0 Å². The van der Waals surface area contributed by atoms with Gasteiger partial charge in [0, 0.05) is 17.8 Å². The van der Waals surface area contributed by atoms with Gasteiger partial charge in [-0.1, -0.05) is 36.4 Å². The monoisotopic (exact) mass is 443 g/mol. The molecule has 1 aromatic heterocycles. The summed E-state index contributed by atoms with van der Waals surface area (Å²) in [7, 11) is 0. The first kappa shape index (κ1) is 21.3. The Morgan fingerprint density at radius 1 is 1.03 bits per heavy atom. The average Bonchev–Trinajstić information content (AvgIpc) is 3.02. The molecule has 2 aromatic carbocycles. The van der Waals surface area contributed by atoms with E-state index in [1.54, 1.807) is 24.5 Å². The fourth-order valence-corrected chi connectivity index (χ4v) is 3.55. The minimum absolute atomic E-state index is 0.108. The molecule has 164 valence electrons. The van der Waals surface area contributed by atoms with Crippen LogP contribution in [-0.2, 0) is 14.3 Å². The molecule has 0 bridgehead atoms. The van der Waals surface area contributed by atoms with Gasteiger partial charge in [-0.2, -0.15) is 13.2 Å². The van der Waals surface area contributed by atoms with Crippen molar-refractivity contribution < 1.29 is 32.3 Å². The number of amides is 3. The van der Waals surface area contributed by atoms with Crippen molar-refractivity contribution in [1.29, 1.82) is 0 Å². The summed E-state index contributed by atoms with van der Waals surface area (Å²) in [4.78, 5) is 39.5. The number of pyridine rings is 1. The van der Waals surface area contributed by atoms with Crippen LogP contribution in [0.4, 0.5) is 18.0 Å². The predicted octanol–water partition coefficient (Wildman–Crippen LogP) is 3.65. The second-order valence-electron chi connectivity index (χ2n) is 7.45. The van der Waals surface area contributed by atoms with Crippen molar-refractivity contribution in [3.63, 3.8) is 0 Å². The Bertz CT molecular complexity index is 1230. The van der Waals surface area contributed by atoms with Crippen molar-refractivity contribution in [1.82, 2.24) is 15.6 Å². The van der Waals surface area contributed by atoms with Gasteiger partial charge < -0.3 is 10.1 Å². The smallest absolute Gasteiger partial charge is 0.448 e. The molecule has 2 atom stereocenters. The summed E-state index contributed by atoms with van der Waals surface area (Å²) in [6.45, 7) is 1.19. The van der Waals surface area contributed by atoms with Crippen LogP contribution in [-0.4, -0.2) is 34.6 Å². The van der Waals surface area contributed by atoms with Crippen LogP contribution in [0, 0.1) is 0 Å². The summed E-state index contributed by atoms with van der Waals surface area (Å²) in [6.07, 6.45) is -3.59. The lowest BCUT2D eigenvalue weighted by Gasteiger charge is -2.31. The number of fused-ring (bicyclic) bond motifs is 1. The maximum Gasteiger partial charge on any atom is 0.490 e. The second kappa shape index (κ2) is 7.63. The number of aromatic nitrogens is 1. The van der Waals surface area contributed by atoms with Crippen LogP contribution in [0.25, 0.3) is 21.9 Å². The summed E-state index contributed by atoms with van der Waals surface area (Å²) >= 11 is 0. The van der Waals surface area contributed by atoms with E-state index in [9.17, 15) is 27.6 Å². The first-order valence-corrected chi connectivity index (χ1v) is 9.43. The molecule has 1 aliphatic rings. The Labute approximate surface area is 179 Å². The molecule has 7 nitrogen and oxygen atoms in total. The van der Waals surface area contributed by atoms with Crippen LogP contribution in [0.1, 0.15) is 18.6 Å². The van der Waals surface area contributed by atoms with Crippen LogP contribution in [0.2, 0.25) is 0 Å². The number of esters is 1. The Morgan fingerprint density at radius 3 is 2.34 bits per heavy atom. The van der Waals surface area contributed by atoms with Gasteiger partial charge in [0.15, 0.2) is 11.6 Å². The first-order valence-electron chi connectivity index (χ1n) is 9.43. The summed E-state index contributed by atoms with van der Waals surface area (Å²) in [6, 6.07) is 12.8. The summed E-state index contributed by atoms with van der Waals surface area (Å²) in [5, 5.41) is 6.11. The molecule has 0 spiro atoms. The highest BCUT2D eigenvalue weighted by Crippen LogP contribution is 2.35. The van der Waals surface area contributed by atoms with Gasteiger partial charge in [-0.15, -0.1) is 0 Å². The highest BCUT2D eigenvalue weighted by Gasteiger charge is 2.53. The van der Waals surface area contributed by atoms with Gasteiger partial charge >= 0.3 is 18.2 Å². The van der Waals surface area contributed by atoms with Crippen LogP contribution >= 0.6 is 0 Å². The Kier molecular flexibility index (Phi) is 5.08. The van der Waals surface area contributed by atoms with Crippen LogP contribution < -0.4 is 10.6 Å². The largest absolute Gasteiger partial charge is 0.490 e. The standard InChI is InChI=1S/C22H16F3N3O4/c1-21(18(29)27-20(31)28-21)17(32-19(30)22(23,24)25)13-4-2-12(3-5-13)14-6-7-16-11-26-9-8-15(16)10-14/h2-11,17H,1H3,(H2,27,28,29,31)/t17?,21-/m1/s1. The van der Waals surface area contributed by atoms with Gasteiger partial charge in [0.05, 0.1) is 0 Å². The van der Waals surface area contributed by atoms with Crippen LogP contribution in [0.15, 0.2) is 60.9 Å². The molecule has 3 aromatic rings. The number of imide groups is 1. The van der Waals surface area contributed by atoms with Crippen molar-refractivity contribution in [3.8, 4) is 11.1 Å². The molecule has 3 amide bonds. The van der Waals surface area contributed by atoms with Gasteiger partial charge in [0.1, 0.15) is 0 Å². The molecule has 1 aliphatic heterocycles. The number of alkyl halides is 3. The number of ether oxygens (including phenoxy) is 1. The zero-order valence-electron chi connectivity index (χ0n) is 16.6. The normalized spacial score (nSPS) is 19.4. The maximum absolute atomic E-state index is 12.9. The SMILES string of the molecule is C[C@]1(C(OC(=O)C(F)(F)F)c2ccc(-c3ccc4cnccc4c3)cc2)NC(=O)NC1=O. The van der Waals surface area contributed by atoms with Crippen molar-refractivity contribution >= 4 is 28.7 Å². The van der Waals surface area contributed by atoms with Crippen molar-refractivity contribution in [2.45, 2.75) is 24.7 Å². The number of carbonyl (C=O) groups excluding carboxylic acids is 3. The number of hydrogen-bond acceptors (Lipinski definition) is 5. The van der Waals surface area contributed by atoms with E-state index in [2.05, 4.69) is 15.0 Å². The number of halogens is 3. The Morgan fingerprint density at radius 2 is 1.72 bits per heavy atom. The van der Waals surface area contributed by atoms with E-state index in [1.807, 2.05) is 29.6 Å². The van der Waals surface area contributed by atoms with Gasteiger partial charge in [0.2, 0.25) is 0 Å². The van der Waals surface area contributed by atoms with E-state index in [4.69, 9.17) is 0 Å². The quantitative estimate of drug-likeness (QED) is 0.474. The lowest BCUT2D eigenvalue weighted by atomic mass is 9.88. The zero-order valence-corrected chi connectivity index (χ0v) is 16.6. The van der Waals surface area contributed by atoms with E-state index in [0.29, 0.717) is 0 Å². The highest BCUT2D eigenvalue weighted by molar-refractivity contribution is 6.07. The van der Waals surface area contributed by atoms with Crippen LogP contribution in [0.5, 0.6) is 0 Å². The molecule has 4 rings (SSSR count). The maximum atomic E-state index is 12.9. The molecule has 2 heterocycles. The number of benzene rings is 2. The number of urea groups is 1.